The minimum atomic E-state index is -0.642. The number of nitriles is 1. The van der Waals surface area contributed by atoms with Gasteiger partial charge in [-0.1, -0.05) is 25.0 Å². The largest absolute Gasteiger partial charge is 0.480 e. The van der Waals surface area contributed by atoms with Crippen molar-refractivity contribution >= 4 is 5.91 Å². The normalized spacial score (nSPS) is 11.5. The monoisotopic (exact) mass is 290 g/mol. The molecule has 0 aliphatic carbocycles. The Balaban J connectivity index is 2.33. The molecular weight excluding hydrogens is 268 g/mol. The Morgan fingerprint density at radius 1 is 1.33 bits per heavy atom. The van der Waals surface area contributed by atoms with E-state index in [0.717, 1.165) is 25.7 Å². The number of carbonyl (C=O) groups is 1. The lowest BCUT2D eigenvalue weighted by Crippen LogP contribution is -2.36. The number of rotatable bonds is 9. The molecule has 0 aromatic heterocycles. The maximum absolute atomic E-state index is 11.9. The predicted molar refractivity (Wildman–Crippen MR) is 79.8 cm³/mol. The fraction of sp³-hybridized carbons (Fsp3) is 0.500. The molecule has 1 rings (SSSR count). The quantitative estimate of drug-likeness (QED) is 0.681. The molecule has 1 aromatic rings. The first-order valence-electron chi connectivity index (χ1n) is 7.23. The second-order valence-corrected chi connectivity index (χ2v) is 4.80. The smallest absolute Gasteiger partial charge is 0.260 e. The molecule has 0 spiro atoms. The number of amides is 1. The molecule has 114 valence electrons. The van der Waals surface area contributed by atoms with E-state index in [1.54, 1.807) is 31.2 Å². The number of aliphatic hydroxyl groups excluding tert-OH is 1. The zero-order valence-corrected chi connectivity index (χ0v) is 12.3. The Morgan fingerprint density at radius 3 is 2.76 bits per heavy atom. The Morgan fingerprint density at radius 2 is 2.05 bits per heavy atom. The number of hydrogen-bond donors (Lipinski definition) is 2. The highest BCUT2D eigenvalue weighted by Crippen LogP contribution is 2.18. The third kappa shape index (κ3) is 6.28. The molecule has 5 heteroatoms. The van der Waals surface area contributed by atoms with Gasteiger partial charge in [0.05, 0.1) is 5.56 Å². The van der Waals surface area contributed by atoms with Crippen LogP contribution in [0.2, 0.25) is 0 Å². The van der Waals surface area contributed by atoms with E-state index in [2.05, 4.69) is 5.32 Å². The van der Waals surface area contributed by atoms with Gasteiger partial charge in [0.15, 0.2) is 6.10 Å². The molecule has 5 nitrogen and oxygen atoms in total. The fourth-order valence-corrected chi connectivity index (χ4v) is 1.85. The number of benzene rings is 1. The van der Waals surface area contributed by atoms with E-state index in [1.165, 1.54) is 0 Å². The maximum Gasteiger partial charge on any atom is 0.260 e. The van der Waals surface area contributed by atoms with Gasteiger partial charge < -0.3 is 15.2 Å². The van der Waals surface area contributed by atoms with Crippen LogP contribution < -0.4 is 10.1 Å². The number of unbranched alkanes of at least 4 members (excludes halogenated alkanes) is 3. The van der Waals surface area contributed by atoms with Crippen LogP contribution in [0.25, 0.3) is 0 Å². The summed E-state index contributed by atoms with van der Waals surface area (Å²) < 4.78 is 5.53. The number of carbonyl (C=O) groups excluding carboxylic acids is 1. The van der Waals surface area contributed by atoms with Crippen LogP contribution in [-0.2, 0) is 4.79 Å². The Kier molecular flexibility index (Phi) is 7.92. The summed E-state index contributed by atoms with van der Waals surface area (Å²) in [5.74, 6) is 0.232. The topological polar surface area (TPSA) is 82.3 Å². The van der Waals surface area contributed by atoms with Crippen molar-refractivity contribution in [2.24, 2.45) is 0 Å². The van der Waals surface area contributed by atoms with Gasteiger partial charge in [-0.3, -0.25) is 4.79 Å². The first-order chi connectivity index (χ1) is 10.2. The molecule has 2 N–H and O–H groups in total. The lowest BCUT2D eigenvalue weighted by Gasteiger charge is -2.15. The van der Waals surface area contributed by atoms with Crippen molar-refractivity contribution in [2.45, 2.75) is 38.7 Å². The Labute approximate surface area is 125 Å². The van der Waals surface area contributed by atoms with Crippen molar-refractivity contribution in [3.8, 4) is 11.8 Å². The van der Waals surface area contributed by atoms with Crippen LogP contribution in [0.3, 0.4) is 0 Å². The van der Waals surface area contributed by atoms with E-state index >= 15 is 0 Å². The van der Waals surface area contributed by atoms with Gasteiger partial charge >= 0.3 is 0 Å². The van der Waals surface area contributed by atoms with Gasteiger partial charge in [0.25, 0.3) is 5.91 Å². The summed E-state index contributed by atoms with van der Waals surface area (Å²) in [6.45, 7) is 2.47. The van der Waals surface area contributed by atoms with Gasteiger partial charge in [-0.2, -0.15) is 5.26 Å². The molecule has 0 bridgehead atoms. The fourth-order valence-electron chi connectivity index (χ4n) is 1.85. The highest BCUT2D eigenvalue weighted by Gasteiger charge is 2.15. The summed E-state index contributed by atoms with van der Waals surface area (Å²) in [4.78, 5) is 11.9. The Hall–Kier alpha value is -2.06. The zero-order valence-electron chi connectivity index (χ0n) is 12.3. The number of aliphatic hydroxyl groups is 1. The van der Waals surface area contributed by atoms with Crippen LogP contribution >= 0.6 is 0 Å². The highest BCUT2D eigenvalue weighted by molar-refractivity contribution is 5.80. The molecule has 1 amide bonds. The Bertz CT molecular complexity index is 483. The summed E-state index contributed by atoms with van der Waals surface area (Å²) in [6.07, 6.45) is 2.99. The van der Waals surface area contributed by atoms with Gasteiger partial charge in [-0.15, -0.1) is 0 Å². The average molecular weight is 290 g/mol. The van der Waals surface area contributed by atoms with Crippen LogP contribution in [0.15, 0.2) is 24.3 Å². The van der Waals surface area contributed by atoms with Crippen LogP contribution in [-0.4, -0.2) is 30.3 Å². The highest BCUT2D eigenvalue weighted by atomic mass is 16.5. The molecule has 1 unspecified atom stereocenters. The van der Waals surface area contributed by atoms with E-state index in [4.69, 9.17) is 15.1 Å². The van der Waals surface area contributed by atoms with Gasteiger partial charge in [0.1, 0.15) is 11.8 Å². The van der Waals surface area contributed by atoms with Crippen molar-refractivity contribution in [3.05, 3.63) is 29.8 Å². The number of nitrogens with one attached hydrogen (secondary N) is 1. The van der Waals surface area contributed by atoms with Crippen LogP contribution in [0.4, 0.5) is 0 Å². The SMILES string of the molecule is CC(Oc1ccccc1C#N)C(=O)NCCCCCCO. The number of nitrogens with zero attached hydrogens (tertiary/aromatic N) is 1. The molecule has 0 saturated carbocycles. The number of hydrogen-bond acceptors (Lipinski definition) is 4. The summed E-state index contributed by atoms with van der Waals surface area (Å²) in [7, 11) is 0. The molecule has 21 heavy (non-hydrogen) atoms. The standard InChI is InChI=1S/C16H22N2O3/c1-13(16(20)18-10-6-2-3-7-11-19)21-15-9-5-4-8-14(15)12-17/h4-5,8-9,13,19H,2-3,6-7,10-11H2,1H3,(H,18,20). The third-order valence-electron chi connectivity index (χ3n) is 3.06. The minimum Gasteiger partial charge on any atom is -0.480 e. The van der Waals surface area contributed by atoms with Gasteiger partial charge in [0, 0.05) is 13.2 Å². The minimum absolute atomic E-state index is 0.190. The first-order valence-corrected chi connectivity index (χ1v) is 7.23. The van der Waals surface area contributed by atoms with E-state index in [1.807, 2.05) is 6.07 Å². The van der Waals surface area contributed by atoms with E-state index in [-0.39, 0.29) is 12.5 Å². The lowest BCUT2D eigenvalue weighted by molar-refractivity contribution is -0.127. The van der Waals surface area contributed by atoms with Crippen molar-refractivity contribution in [1.82, 2.24) is 5.32 Å². The second kappa shape index (κ2) is 9.78. The van der Waals surface area contributed by atoms with E-state index in [9.17, 15) is 4.79 Å². The van der Waals surface area contributed by atoms with E-state index < -0.39 is 6.10 Å². The molecule has 1 aromatic carbocycles. The van der Waals surface area contributed by atoms with Crippen molar-refractivity contribution in [1.29, 1.82) is 5.26 Å². The molecular formula is C16H22N2O3. The summed E-state index contributed by atoms with van der Waals surface area (Å²) in [5.41, 5.74) is 0.418. The van der Waals surface area contributed by atoms with Crippen LogP contribution in [0.5, 0.6) is 5.75 Å². The number of para-hydroxylation sites is 1. The maximum atomic E-state index is 11.9. The van der Waals surface area contributed by atoms with Crippen molar-refractivity contribution < 1.29 is 14.6 Å². The molecule has 1 atom stereocenters. The van der Waals surface area contributed by atoms with Crippen molar-refractivity contribution in [2.75, 3.05) is 13.2 Å². The summed E-state index contributed by atoms with van der Waals surface area (Å²) >= 11 is 0. The molecule has 0 saturated heterocycles. The molecule has 0 fully saturated rings. The average Bonchev–Trinajstić information content (AvgIpc) is 2.51. The third-order valence-corrected chi connectivity index (χ3v) is 3.06. The van der Waals surface area contributed by atoms with E-state index in [0.29, 0.717) is 17.9 Å². The van der Waals surface area contributed by atoms with Crippen LogP contribution in [0, 0.1) is 11.3 Å². The second-order valence-electron chi connectivity index (χ2n) is 4.80. The first kappa shape index (κ1) is 17.0. The summed E-state index contributed by atoms with van der Waals surface area (Å²) in [5, 5.41) is 20.4. The van der Waals surface area contributed by atoms with Gasteiger partial charge in [-0.25, -0.2) is 0 Å². The predicted octanol–water partition coefficient (Wildman–Crippen LogP) is 1.99. The molecule has 0 heterocycles. The zero-order chi connectivity index (χ0) is 15.5. The summed E-state index contributed by atoms with van der Waals surface area (Å²) in [6, 6.07) is 8.88. The lowest BCUT2D eigenvalue weighted by atomic mass is 10.2. The van der Waals surface area contributed by atoms with Crippen LogP contribution in [0.1, 0.15) is 38.2 Å². The van der Waals surface area contributed by atoms with Gasteiger partial charge in [-0.05, 0) is 31.9 Å². The molecule has 0 radical (unpaired) electrons. The van der Waals surface area contributed by atoms with Gasteiger partial charge in [0.2, 0.25) is 0 Å². The van der Waals surface area contributed by atoms with Crippen molar-refractivity contribution in [3.63, 3.8) is 0 Å². The molecule has 0 aliphatic heterocycles. The number of ether oxygens (including phenoxy) is 1. The molecule has 0 aliphatic rings.